The monoisotopic (exact) mass is 440 g/mol. The Bertz CT molecular complexity index is 921. The van der Waals surface area contributed by atoms with Gasteiger partial charge in [0.15, 0.2) is 0 Å². The van der Waals surface area contributed by atoms with Crippen molar-refractivity contribution >= 4 is 29.1 Å². The number of carbonyl (C=O) groups is 2. The van der Waals surface area contributed by atoms with E-state index in [1.165, 1.54) is 0 Å². The third-order valence-electron chi connectivity index (χ3n) is 5.99. The first kappa shape index (κ1) is 21.8. The SMILES string of the molecule is O=C(Nc1cccc(CN2CCN(CC(=O)N3CCCC3)CC2)c1)c1ccccc1Cl. The van der Waals surface area contributed by atoms with Crippen LogP contribution in [0.4, 0.5) is 5.69 Å². The average molecular weight is 441 g/mol. The average Bonchev–Trinajstić information content (AvgIpc) is 3.31. The second kappa shape index (κ2) is 10.3. The lowest BCUT2D eigenvalue weighted by molar-refractivity contribution is -0.131. The van der Waals surface area contributed by atoms with Gasteiger partial charge in [-0.3, -0.25) is 19.4 Å². The quantitative estimate of drug-likeness (QED) is 0.748. The van der Waals surface area contributed by atoms with Gasteiger partial charge in [0.2, 0.25) is 5.91 Å². The molecule has 4 rings (SSSR count). The molecular weight excluding hydrogens is 412 g/mol. The van der Waals surface area contributed by atoms with Crippen molar-refractivity contribution in [3.63, 3.8) is 0 Å². The van der Waals surface area contributed by atoms with Crippen LogP contribution in [0.3, 0.4) is 0 Å². The molecule has 2 aliphatic heterocycles. The molecule has 2 aromatic carbocycles. The minimum atomic E-state index is -0.209. The van der Waals surface area contributed by atoms with Gasteiger partial charge in [0.1, 0.15) is 0 Å². The smallest absolute Gasteiger partial charge is 0.257 e. The molecule has 31 heavy (non-hydrogen) atoms. The molecule has 0 aliphatic carbocycles. The molecule has 0 spiro atoms. The Hall–Kier alpha value is -2.41. The largest absolute Gasteiger partial charge is 0.342 e. The van der Waals surface area contributed by atoms with Crippen LogP contribution in [0, 0.1) is 0 Å². The fourth-order valence-corrected chi connectivity index (χ4v) is 4.43. The maximum absolute atomic E-state index is 12.5. The second-order valence-corrected chi connectivity index (χ2v) is 8.68. The van der Waals surface area contributed by atoms with Crippen molar-refractivity contribution in [1.82, 2.24) is 14.7 Å². The van der Waals surface area contributed by atoms with E-state index >= 15 is 0 Å². The molecular formula is C24H29ClN4O2. The Balaban J connectivity index is 1.27. The zero-order valence-electron chi connectivity index (χ0n) is 17.7. The summed E-state index contributed by atoms with van der Waals surface area (Å²) in [6.45, 7) is 6.88. The number of nitrogens with zero attached hydrogens (tertiary/aromatic N) is 3. The van der Waals surface area contributed by atoms with Crippen molar-refractivity contribution in [2.24, 2.45) is 0 Å². The number of hydrogen-bond donors (Lipinski definition) is 1. The highest BCUT2D eigenvalue weighted by atomic mass is 35.5. The third-order valence-corrected chi connectivity index (χ3v) is 6.32. The first-order chi connectivity index (χ1) is 15.1. The van der Waals surface area contributed by atoms with Crippen molar-refractivity contribution in [3.05, 3.63) is 64.7 Å². The van der Waals surface area contributed by atoms with Gasteiger partial charge in [-0.15, -0.1) is 0 Å². The van der Waals surface area contributed by atoms with E-state index in [2.05, 4.69) is 21.2 Å². The van der Waals surface area contributed by atoms with E-state index in [0.717, 1.165) is 69.9 Å². The topological polar surface area (TPSA) is 55.9 Å². The van der Waals surface area contributed by atoms with E-state index in [9.17, 15) is 9.59 Å². The summed E-state index contributed by atoms with van der Waals surface area (Å²) in [5.74, 6) is 0.0620. The highest BCUT2D eigenvalue weighted by molar-refractivity contribution is 6.34. The molecule has 2 saturated heterocycles. The van der Waals surface area contributed by atoms with E-state index < -0.39 is 0 Å². The minimum absolute atomic E-state index is 0.209. The lowest BCUT2D eigenvalue weighted by Crippen LogP contribution is -2.49. The lowest BCUT2D eigenvalue weighted by Gasteiger charge is -2.35. The predicted octanol–water partition coefficient (Wildman–Crippen LogP) is 3.33. The third kappa shape index (κ3) is 5.85. The number of carbonyl (C=O) groups excluding carboxylic acids is 2. The van der Waals surface area contributed by atoms with E-state index in [1.807, 2.05) is 29.2 Å². The predicted molar refractivity (Wildman–Crippen MR) is 123 cm³/mol. The molecule has 2 heterocycles. The highest BCUT2D eigenvalue weighted by Gasteiger charge is 2.23. The van der Waals surface area contributed by atoms with Gasteiger partial charge in [0, 0.05) is 51.5 Å². The van der Waals surface area contributed by atoms with E-state index in [4.69, 9.17) is 11.6 Å². The first-order valence-electron chi connectivity index (χ1n) is 11.0. The molecule has 0 bridgehead atoms. The summed E-state index contributed by atoms with van der Waals surface area (Å²) in [5.41, 5.74) is 2.38. The molecule has 0 unspecified atom stereocenters. The Morgan fingerprint density at radius 2 is 1.58 bits per heavy atom. The van der Waals surface area contributed by atoms with Crippen LogP contribution >= 0.6 is 11.6 Å². The van der Waals surface area contributed by atoms with Crippen molar-refractivity contribution in [3.8, 4) is 0 Å². The number of amides is 2. The maximum atomic E-state index is 12.5. The van der Waals surface area contributed by atoms with Crippen molar-refractivity contribution in [2.45, 2.75) is 19.4 Å². The van der Waals surface area contributed by atoms with E-state index in [-0.39, 0.29) is 11.8 Å². The van der Waals surface area contributed by atoms with Gasteiger partial charge in [0.25, 0.3) is 5.91 Å². The van der Waals surface area contributed by atoms with Crippen LogP contribution in [0.5, 0.6) is 0 Å². The summed E-state index contributed by atoms with van der Waals surface area (Å²) < 4.78 is 0. The fraction of sp³-hybridized carbons (Fsp3) is 0.417. The Kier molecular flexibility index (Phi) is 7.22. The molecule has 2 aliphatic rings. The maximum Gasteiger partial charge on any atom is 0.257 e. The van der Waals surface area contributed by atoms with Crippen molar-refractivity contribution in [2.75, 3.05) is 51.1 Å². The molecule has 7 heteroatoms. The van der Waals surface area contributed by atoms with Crippen LogP contribution in [0.2, 0.25) is 5.02 Å². The second-order valence-electron chi connectivity index (χ2n) is 8.27. The summed E-state index contributed by atoms with van der Waals surface area (Å²) >= 11 is 6.13. The molecule has 0 atom stereocenters. The fourth-order valence-electron chi connectivity index (χ4n) is 4.21. The van der Waals surface area contributed by atoms with Crippen LogP contribution in [0.25, 0.3) is 0 Å². The van der Waals surface area contributed by atoms with Gasteiger partial charge in [-0.05, 0) is 42.7 Å². The molecule has 0 aromatic heterocycles. The number of nitrogens with one attached hydrogen (secondary N) is 1. The summed E-state index contributed by atoms with van der Waals surface area (Å²) in [6.07, 6.45) is 2.27. The Morgan fingerprint density at radius 1 is 0.871 bits per heavy atom. The van der Waals surface area contributed by atoms with Crippen LogP contribution in [-0.4, -0.2) is 72.3 Å². The van der Waals surface area contributed by atoms with Crippen LogP contribution in [0.1, 0.15) is 28.8 Å². The molecule has 164 valence electrons. The number of rotatable bonds is 6. The van der Waals surface area contributed by atoms with Gasteiger partial charge >= 0.3 is 0 Å². The normalized spacial score (nSPS) is 17.6. The zero-order valence-corrected chi connectivity index (χ0v) is 18.5. The van der Waals surface area contributed by atoms with Gasteiger partial charge in [-0.2, -0.15) is 0 Å². The zero-order chi connectivity index (χ0) is 21.6. The van der Waals surface area contributed by atoms with Crippen molar-refractivity contribution < 1.29 is 9.59 Å². The minimum Gasteiger partial charge on any atom is -0.342 e. The summed E-state index contributed by atoms with van der Waals surface area (Å²) in [5, 5.41) is 3.38. The lowest BCUT2D eigenvalue weighted by atomic mass is 10.1. The van der Waals surface area contributed by atoms with Gasteiger partial charge in [0.05, 0.1) is 17.1 Å². The number of piperazine rings is 1. The Morgan fingerprint density at radius 3 is 2.32 bits per heavy atom. The van der Waals surface area contributed by atoms with Crippen LogP contribution in [-0.2, 0) is 11.3 Å². The van der Waals surface area contributed by atoms with E-state index in [1.54, 1.807) is 18.2 Å². The number of benzene rings is 2. The molecule has 6 nitrogen and oxygen atoms in total. The number of anilines is 1. The van der Waals surface area contributed by atoms with Crippen LogP contribution in [0.15, 0.2) is 48.5 Å². The highest BCUT2D eigenvalue weighted by Crippen LogP contribution is 2.19. The summed E-state index contributed by atoms with van der Waals surface area (Å²) in [6, 6.07) is 15.0. The number of likely N-dealkylation sites (tertiary alicyclic amines) is 1. The van der Waals surface area contributed by atoms with Gasteiger partial charge < -0.3 is 10.2 Å². The molecule has 2 aromatic rings. The van der Waals surface area contributed by atoms with Crippen molar-refractivity contribution in [1.29, 1.82) is 0 Å². The standard InChI is InChI=1S/C24H29ClN4O2/c25-22-9-2-1-8-21(22)24(31)26-20-7-5-6-19(16-20)17-27-12-14-28(15-13-27)18-23(30)29-10-3-4-11-29/h1-2,5-9,16H,3-4,10-15,17-18H2,(H,26,31). The molecule has 0 radical (unpaired) electrons. The number of hydrogen-bond acceptors (Lipinski definition) is 4. The van der Waals surface area contributed by atoms with Crippen LogP contribution < -0.4 is 5.32 Å². The molecule has 2 amide bonds. The van der Waals surface area contributed by atoms with Gasteiger partial charge in [-0.1, -0.05) is 35.9 Å². The Labute approximate surface area is 188 Å². The molecule has 1 N–H and O–H groups in total. The number of halogens is 1. The van der Waals surface area contributed by atoms with E-state index in [0.29, 0.717) is 17.1 Å². The molecule has 0 saturated carbocycles. The summed E-state index contributed by atoms with van der Waals surface area (Å²) in [4.78, 5) is 31.5. The molecule has 2 fully saturated rings. The first-order valence-corrected chi connectivity index (χ1v) is 11.3. The van der Waals surface area contributed by atoms with Gasteiger partial charge in [-0.25, -0.2) is 0 Å². The summed E-state index contributed by atoms with van der Waals surface area (Å²) in [7, 11) is 0.